The highest BCUT2D eigenvalue weighted by Gasteiger charge is 2.16. The van der Waals surface area contributed by atoms with Crippen LogP contribution in [0.2, 0.25) is 0 Å². The second kappa shape index (κ2) is 6.26. The fourth-order valence-electron chi connectivity index (χ4n) is 2.93. The molecule has 1 atom stereocenters. The summed E-state index contributed by atoms with van der Waals surface area (Å²) in [4.78, 5) is 11.6. The Balaban J connectivity index is 1.81. The van der Waals surface area contributed by atoms with Gasteiger partial charge in [-0.2, -0.15) is 4.98 Å². The van der Waals surface area contributed by atoms with Crippen molar-refractivity contribution in [3.63, 3.8) is 0 Å². The zero-order valence-corrected chi connectivity index (χ0v) is 12.8. The number of nitrogens with one attached hydrogen (secondary N) is 2. The minimum atomic E-state index is 0.367. The Morgan fingerprint density at radius 1 is 1.19 bits per heavy atom. The Labute approximate surface area is 125 Å². The minimum absolute atomic E-state index is 0.367. The van der Waals surface area contributed by atoms with Gasteiger partial charge >= 0.3 is 0 Å². The highest BCUT2D eigenvalue weighted by atomic mass is 15.2. The van der Waals surface area contributed by atoms with Crippen LogP contribution in [0.15, 0.2) is 24.3 Å². The lowest BCUT2D eigenvalue weighted by Crippen LogP contribution is -2.33. The number of nitrogens with zero attached hydrogens (tertiary/aromatic N) is 3. The van der Waals surface area contributed by atoms with Crippen LogP contribution >= 0.6 is 0 Å². The molecule has 2 heterocycles. The predicted molar refractivity (Wildman–Crippen MR) is 87.8 cm³/mol. The molecule has 1 saturated heterocycles. The maximum atomic E-state index is 4.58. The van der Waals surface area contributed by atoms with Crippen LogP contribution in [-0.4, -0.2) is 47.6 Å². The SMILES string of the molecule is CNc1nc(NC(C)CN2CCCC2)c2ccccc2n1. The molecule has 112 valence electrons. The average Bonchev–Trinajstić information content (AvgIpc) is 2.99. The average molecular weight is 285 g/mol. The largest absolute Gasteiger partial charge is 0.366 e. The first-order valence-corrected chi connectivity index (χ1v) is 7.69. The summed E-state index contributed by atoms with van der Waals surface area (Å²) in [7, 11) is 1.85. The van der Waals surface area contributed by atoms with Gasteiger partial charge in [0.05, 0.1) is 5.52 Å². The molecule has 0 radical (unpaired) electrons. The van der Waals surface area contributed by atoms with Crippen molar-refractivity contribution < 1.29 is 0 Å². The Kier molecular flexibility index (Phi) is 4.20. The van der Waals surface area contributed by atoms with E-state index in [1.165, 1.54) is 25.9 Å². The third-order valence-corrected chi connectivity index (χ3v) is 3.94. The molecule has 1 aromatic carbocycles. The van der Waals surface area contributed by atoms with Gasteiger partial charge in [-0.15, -0.1) is 0 Å². The van der Waals surface area contributed by atoms with Crippen molar-refractivity contribution in [2.75, 3.05) is 37.3 Å². The van der Waals surface area contributed by atoms with Gasteiger partial charge in [0.1, 0.15) is 5.82 Å². The van der Waals surface area contributed by atoms with E-state index in [1.54, 1.807) is 0 Å². The quantitative estimate of drug-likeness (QED) is 0.884. The van der Waals surface area contributed by atoms with Crippen LogP contribution in [0.1, 0.15) is 19.8 Å². The van der Waals surface area contributed by atoms with E-state index >= 15 is 0 Å². The van der Waals surface area contributed by atoms with Gasteiger partial charge in [-0.3, -0.25) is 0 Å². The van der Waals surface area contributed by atoms with Gasteiger partial charge < -0.3 is 15.5 Å². The standard InChI is InChI=1S/C16H23N5/c1-12(11-21-9-5-6-10-21)18-15-13-7-3-4-8-14(13)19-16(17-2)20-15/h3-4,7-8,12H,5-6,9-11H2,1-2H3,(H2,17,18,19,20). The first-order valence-electron chi connectivity index (χ1n) is 7.69. The lowest BCUT2D eigenvalue weighted by Gasteiger charge is -2.22. The first kappa shape index (κ1) is 14.1. The summed E-state index contributed by atoms with van der Waals surface area (Å²) in [5, 5.41) is 7.66. The maximum Gasteiger partial charge on any atom is 0.224 e. The predicted octanol–water partition coefficient (Wildman–Crippen LogP) is 2.57. The third kappa shape index (κ3) is 3.24. The second-order valence-corrected chi connectivity index (χ2v) is 5.72. The minimum Gasteiger partial charge on any atom is -0.366 e. The molecule has 5 heteroatoms. The molecule has 1 fully saturated rings. The van der Waals surface area contributed by atoms with E-state index in [0.717, 1.165) is 23.3 Å². The summed E-state index contributed by atoms with van der Waals surface area (Å²) >= 11 is 0. The van der Waals surface area contributed by atoms with Crippen LogP contribution in [0, 0.1) is 0 Å². The number of hydrogen-bond acceptors (Lipinski definition) is 5. The van der Waals surface area contributed by atoms with Crippen LogP contribution in [0.3, 0.4) is 0 Å². The third-order valence-electron chi connectivity index (χ3n) is 3.94. The molecular weight excluding hydrogens is 262 g/mol. The van der Waals surface area contributed by atoms with Crippen LogP contribution in [-0.2, 0) is 0 Å². The second-order valence-electron chi connectivity index (χ2n) is 5.72. The molecule has 1 aliphatic rings. The highest BCUT2D eigenvalue weighted by Crippen LogP contribution is 2.22. The van der Waals surface area contributed by atoms with Gasteiger partial charge in [0.25, 0.3) is 0 Å². The molecule has 1 unspecified atom stereocenters. The Morgan fingerprint density at radius 2 is 1.95 bits per heavy atom. The Morgan fingerprint density at radius 3 is 2.71 bits per heavy atom. The van der Waals surface area contributed by atoms with E-state index in [9.17, 15) is 0 Å². The molecule has 2 N–H and O–H groups in total. The van der Waals surface area contributed by atoms with E-state index < -0.39 is 0 Å². The van der Waals surface area contributed by atoms with Crippen molar-refractivity contribution in [2.24, 2.45) is 0 Å². The fraction of sp³-hybridized carbons (Fsp3) is 0.500. The van der Waals surface area contributed by atoms with E-state index in [-0.39, 0.29) is 0 Å². The van der Waals surface area contributed by atoms with Gasteiger partial charge in [-0.1, -0.05) is 12.1 Å². The number of fused-ring (bicyclic) bond motifs is 1. The van der Waals surface area contributed by atoms with Crippen LogP contribution in [0.5, 0.6) is 0 Å². The highest BCUT2D eigenvalue weighted by molar-refractivity contribution is 5.90. The van der Waals surface area contributed by atoms with E-state index in [0.29, 0.717) is 12.0 Å². The monoisotopic (exact) mass is 285 g/mol. The summed E-state index contributed by atoms with van der Waals surface area (Å²) in [6.45, 7) is 5.72. The molecule has 1 aromatic heterocycles. The number of benzene rings is 1. The van der Waals surface area contributed by atoms with Gasteiger partial charge in [-0.25, -0.2) is 4.98 Å². The van der Waals surface area contributed by atoms with Crippen molar-refractivity contribution in [2.45, 2.75) is 25.8 Å². The lowest BCUT2D eigenvalue weighted by atomic mass is 10.2. The van der Waals surface area contributed by atoms with Crippen LogP contribution < -0.4 is 10.6 Å². The Hall–Kier alpha value is -1.88. The molecule has 0 amide bonds. The molecule has 0 aliphatic carbocycles. The smallest absolute Gasteiger partial charge is 0.224 e. The number of likely N-dealkylation sites (tertiary alicyclic amines) is 1. The Bertz CT molecular complexity index is 607. The van der Waals surface area contributed by atoms with E-state index in [2.05, 4.69) is 38.5 Å². The molecule has 0 bridgehead atoms. The van der Waals surface area contributed by atoms with Crippen molar-refractivity contribution in [3.8, 4) is 0 Å². The summed E-state index contributed by atoms with van der Waals surface area (Å²) < 4.78 is 0. The summed E-state index contributed by atoms with van der Waals surface area (Å²) in [5.74, 6) is 1.57. The molecule has 5 nitrogen and oxygen atoms in total. The van der Waals surface area contributed by atoms with Crippen molar-refractivity contribution in [1.29, 1.82) is 0 Å². The van der Waals surface area contributed by atoms with Gasteiger partial charge in [0.15, 0.2) is 0 Å². The molecule has 1 aliphatic heterocycles. The topological polar surface area (TPSA) is 53.1 Å². The molecule has 3 rings (SSSR count). The summed E-state index contributed by atoms with van der Waals surface area (Å²) in [6, 6.07) is 8.49. The van der Waals surface area contributed by atoms with Crippen molar-refractivity contribution >= 4 is 22.7 Å². The normalized spacial score (nSPS) is 17.0. The van der Waals surface area contributed by atoms with Crippen molar-refractivity contribution in [1.82, 2.24) is 14.9 Å². The van der Waals surface area contributed by atoms with Gasteiger partial charge in [-0.05, 0) is 45.0 Å². The van der Waals surface area contributed by atoms with Gasteiger partial charge in [0.2, 0.25) is 5.95 Å². The molecule has 0 saturated carbocycles. The molecule has 0 spiro atoms. The zero-order chi connectivity index (χ0) is 14.7. The van der Waals surface area contributed by atoms with E-state index in [1.807, 2.05) is 25.2 Å². The van der Waals surface area contributed by atoms with Gasteiger partial charge in [0, 0.05) is 25.0 Å². The number of hydrogen-bond donors (Lipinski definition) is 2. The molecule has 21 heavy (non-hydrogen) atoms. The van der Waals surface area contributed by atoms with Crippen LogP contribution in [0.25, 0.3) is 10.9 Å². The van der Waals surface area contributed by atoms with Crippen molar-refractivity contribution in [3.05, 3.63) is 24.3 Å². The first-order chi connectivity index (χ1) is 10.3. The molecular formula is C16H23N5. The zero-order valence-electron chi connectivity index (χ0n) is 12.8. The maximum absolute atomic E-state index is 4.58. The number of anilines is 2. The van der Waals surface area contributed by atoms with E-state index in [4.69, 9.17) is 0 Å². The van der Waals surface area contributed by atoms with Crippen LogP contribution in [0.4, 0.5) is 11.8 Å². The molecule has 2 aromatic rings. The summed E-state index contributed by atoms with van der Waals surface area (Å²) in [6.07, 6.45) is 2.65. The lowest BCUT2D eigenvalue weighted by molar-refractivity contribution is 0.327. The number of para-hydroxylation sites is 1. The summed E-state index contributed by atoms with van der Waals surface area (Å²) in [5.41, 5.74) is 0.965. The number of aromatic nitrogens is 2. The fourth-order valence-corrected chi connectivity index (χ4v) is 2.93. The number of rotatable bonds is 5.